The lowest BCUT2D eigenvalue weighted by molar-refractivity contribution is -0.137. The van der Waals surface area contributed by atoms with Gasteiger partial charge in [0.25, 0.3) is 0 Å². The van der Waals surface area contributed by atoms with Gasteiger partial charge >= 0.3 is 15.3 Å². The van der Waals surface area contributed by atoms with E-state index in [1.807, 2.05) is 0 Å². The molecule has 0 saturated carbocycles. The van der Waals surface area contributed by atoms with Gasteiger partial charge < -0.3 is 13.6 Å². The Morgan fingerprint density at radius 1 is 1.27 bits per heavy atom. The maximum absolute atomic E-state index is 10.9. The summed E-state index contributed by atoms with van der Waals surface area (Å²) in [5.41, 5.74) is 0. The first-order valence-corrected chi connectivity index (χ1v) is 6.85. The lowest BCUT2D eigenvalue weighted by atomic mass is 10.3. The zero-order chi connectivity index (χ0) is 11.5. The Balaban J connectivity index is 3.35. The van der Waals surface area contributed by atoms with E-state index in [1.165, 1.54) is 6.08 Å². The molecule has 0 aliphatic heterocycles. The Morgan fingerprint density at radius 2 is 1.93 bits per heavy atom. The average Bonchev–Trinajstić information content (AvgIpc) is 2.24. The molecule has 0 radical (unpaired) electrons. The first kappa shape index (κ1) is 14.3. The minimum Gasteiger partial charge on any atom is -0.463 e. The van der Waals surface area contributed by atoms with E-state index >= 15 is 0 Å². The Morgan fingerprint density at radius 3 is 2.47 bits per heavy atom. The molecule has 0 fully saturated rings. The van der Waals surface area contributed by atoms with Gasteiger partial charge in [-0.05, 0) is 25.8 Å². The van der Waals surface area contributed by atoms with Gasteiger partial charge in [-0.2, -0.15) is 0 Å². The standard InChI is InChI=1S/C10H20O4Si/c1-4-7-10(11)14-8-5-6-9-15(12-2)13-3/h4,7,15H,5-6,8-9H2,1-3H3. The van der Waals surface area contributed by atoms with Gasteiger partial charge in [0.05, 0.1) is 6.61 Å². The number of rotatable bonds is 8. The number of carbonyl (C=O) groups excluding carboxylic acids is 1. The van der Waals surface area contributed by atoms with Gasteiger partial charge in [-0.25, -0.2) is 4.79 Å². The van der Waals surface area contributed by atoms with Crippen LogP contribution in [0.1, 0.15) is 19.8 Å². The first-order valence-electron chi connectivity index (χ1n) is 5.09. The second kappa shape index (κ2) is 9.89. The van der Waals surface area contributed by atoms with Crippen molar-refractivity contribution in [2.24, 2.45) is 0 Å². The highest BCUT2D eigenvalue weighted by molar-refractivity contribution is 6.44. The van der Waals surface area contributed by atoms with Crippen molar-refractivity contribution in [3.8, 4) is 0 Å². The first-order chi connectivity index (χ1) is 7.24. The minimum atomic E-state index is -1.43. The lowest BCUT2D eigenvalue weighted by Crippen LogP contribution is -2.18. The summed E-state index contributed by atoms with van der Waals surface area (Å²) in [6, 6.07) is 0.953. The van der Waals surface area contributed by atoms with Crippen molar-refractivity contribution in [1.29, 1.82) is 0 Å². The van der Waals surface area contributed by atoms with Gasteiger partial charge in [0, 0.05) is 20.3 Å². The van der Waals surface area contributed by atoms with E-state index in [0.29, 0.717) is 6.61 Å². The summed E-state index contributed by atoms with van der Waals surface area (Å²) in [5, 5.41) is 0. The van der Waals surface area contributed by atoms with E-state index in [2.05, 4.69) is 0 Å². The van der Waals surface area contributed by atoms with Crippen molar-refractivity contribution in [2.45, 2.75) is 25.8 Å². The number of esters is 1. The van der Waals surface area contributed by atoms with E-state index < -0.39 is 9.28 Å². The van der Waals surface area contributed by atoms with Crippen LogP contribution in [0.4, 0.5) is 0 Å². The van der Waals surface area contributed by atoms with E-state index in [1.54, 1.807) is 27.2 Å². The van der Waals surface area contributed by atoms with Crippen molar-refractivity contribution < 1.29 is 18.4 Å². The molecule has 0 unspecified atom stereocenters. The molecule has 0 aromatic carbocycles. The second-order valence-electron chi connectivity index (χ2n) is 3.06. The molecule has 0 spiro atoms. The summed E-state index contributed by atoms with van der Waals surface area (Å²) >= 11 is 0. The fourth-order valence-electron chi connectivity index (χ4n) is 1.10. The van der Waals surface area contributed by atoms with Gasteiger partial charge in [0.2, 0.25) is 0 Å². The Labute approximate surface area is 93.1 Å². The quantitative estimate of drug-likeness (QED) is 0.275. The third kappa shape index (κ3) is 8.35. The molecule has 0 atom stereocenters. The summed E-state index contributed by atoms with van der Waals surface area (Å²) in [5.74, 6) is -0.273. The third-order valence-electron chi connectivity index (χ3n) is 1.91. The fraction of sp³-hybridized carbons (Fsp3) is 0.700. The summed E-state index contributed by atoms with van der Waals surface area (Å²) < 4.78 is 15.3. The second-order valence-corrected chi connectivity index (χ2v) is 5.44. The van der Waals surface area contributed by atoms with Gasteiger partial charge in [0.15, 0.2) is 0 Å². The predicted molar refractivity (Wildman–Crippen MR) is 61.0 cm³/mol. The monoisotopic (exact) mass is 232 g/mol. The molecule has 0 N–H and O–H groups in total. The third-order valence-corrected chi connectivity index (χ3v) is 3.84. The summed E-state index contributed by atoms with van der Waals surface area (Å²) in [4.78, 5) is 10.9. The molecule has 0 aromatic heterocycles. The minimum absolute atomic E-state index is 0.273. The molecular formula is C10H20O4Si. The van der Waals surface area contributed by atoms with Gasteiger partial charge in [0.1, 0.15) is 0 Å². The highest BCUT2D eigenvalue weighted by Crippen LogP contribution is 2.03. The zero-order valence-electron chi connectivity index (χ0n) is 9.69. The van der Waals surface area contributed by atoms with E-state index in [4.69, 9.17) is 13.6 Å². The van der Waals surface area contributed by atoms with Crippen LogP contribution in [-0.2, 0) is 18.4 Å². The van der Waals surface area contributed by atoms with Crippen molar-refractivity contribution in [1.82, 2.24) is 0 Å². The molecular weight excluding hydrogens is 212 g/mol. The smallest absolute Gasteiger partial charge is 0.330 e. The number of ether oxygens (including phenoxy) is 1. The van der Waals surface area contributed by atoms with Crippen molar-refractivity contribution >= 4 is 15.3 Å². The molecule has 0 aliphatic carbocycles. The summed E-state index contributed by atoms with van der Waals surface area (Å²) in [7, 11) is 1.92. The fourth-order valence-corrected chi connectivity index (χ4v) is 2.39. The molecule has 88 valence electrons. The molecule has 0 heterocycles. The SMILES string of the molecule is CC=CC(=O)OCCCC[SiH](OC)OC. The lowest BCUT2D eigenvalue weighted by Gasteiger charge is -2.09. The van der Waals surface area contributed by atoms with Crippen LogP contribution in [0.15, 0.2) is 12.2 Å². The zero-order valence-corrected chi connectivity index (χ0v) is 10.8. The van der Waals surface area contributed by atoms with Crippen LogP contribution in [0.25, 0.3) is 0 Å². The van der Waals surface area contributed by atoms with Gasteiger partial charge in [-0.1, -0.05) is 6.08 Å². The van der Waals surface area contributed by atoms with Gasteiger partial charge in [-0.15, -0.1) is 0 Å². The van der Waals surface area contributed by atoms with E-state index in [-0.39, 0.29) is 5.97 Å². The highest BCUT2D eigenvalue weighted by Gasteiger charge is 2.08. The summed E-state index contributed by atoms with van der Waals surface area (Å²) in [6.07, 6.45) is 4.92. The molecule has 0 rings (SSSR count). The maximum Gasteiger partial charge on any atom is 0.330 e. The van der Waals surface area contributed by atoms with Gasteiger partial charge in [-0.3, -0.25) is 0 Å². The number of carbonyl (C=O) groups is 1. The molecule has 0 saturated heterocycles. The van der Waals surface area contributed by atoms with E-state index in [9.17, 15) is 4.79 Å². The molecule has 0 aromatic rings. The number of hydrogen-bond acceptors (Lipinski definition) is 4. The topological polar surface area (TPSA) is 44.8 Å². The normalized spacial score (nSPS) is 11.2. The molecule has 0 amide bonds. The predicted octanol–water partition coefficient (Wildman–Crippen LogP) is 1.40. The van der Waals surface area contributed by atoms with Crippen LogP contribution in [0.5, 0.6) is 0 Å². The molecule has 15 heavy (non-hydrogen) atoms. The van der Waals surface area contributed by atoms with Crippen molar-refractivity contribution in [2.75, 3.05) is 20.8 Å². The van der Waals surface area contributed by atoms with Crippen LogP contribution < -0.4 is 0 Å². The Kier molecular flexibility index (Phi) is 9.45. The number of unbranched alkanes of at least 4 members (excludes halogenated alkanes) is 1. The van der Waals surface area contributed by atoms with Crippen molar-refractivity contribution in [3.05, 3.63) is 12.2 Å². The van der Waals surface area contributed by atoms with E-state index in [0.717, 1.165) is 18.9 Å². The Hall–Kier alpha value is -0.653. The molecule has 5 heteroatoms. The number of hydrogen-bond donors (Lipinski definition) is 0. The average molecular weight is 232 g/mol. The number of allylic oxidation sites excluding steroid dienone is 1. The highest BCUT2D eigenvalue weighted by atomic mass is 28.3. The van der Waals surface area contributed by atoms with Crippen LogP contribution in [0.2, 0.25) is 6.04 Å². The molecule has 4 nitrogen and oxygen atoms in total. The van der Waals surface area contributed by atoms with Crippen molar-refractivity contribution in [3.63, 3.8) is 0 Å². The molecule has 0 aliphatic rings. The Bertz CT molecular complexity index is 190. The van der Waals surface area contributed by atoms with Crippen LogP contribution >= 0.6 is 0 Å². The largest absolute Gasteiger partial charge is 0.463 e. The van der Waals surface area contributed by atoms with Crippen LogP contribution in [0, 0.1) is 0 Å². The summed E-state index contributed by atoms with van der Waals surface area (Å²) in [6.45, 7) is 2.26. The van der Waals surface area contributed by atoms with Crippen LogP contribution in [-0.4, -0.2) is 36.1 Å². The van der Waals surface area contributed by atoms with Crippen LogP contribution in [0.3, 0.4) is 0 Å². The molecule has 0 bridgehead atoms. The maximum atomic E-state index is 10.9.